The van der Waals surface area contributed by atoms with Crippen molar-refractivity contribution >= 4 is 33.2 Å². The number of allylic oxidation sites excluding steroid dienone is 1. The maximum Gasteiger partial charge on any atom is 0.267 e. The summed E-state index contributed by atoms with van der Waals surface area (Å²) in [5, 5.41) is 0.0875. The smallest absolute Gasteiger partial charge is 0.267 e. The van der Waals surface area contributed by atoms with E-state index in [0.29, 0.717) is 49.3 Å². The van der Waals surface area contributed by atoms with Crippen LogP contribution in [0.3, 0.4) is 0 Å². The van der Waals surface area contributed by atoms with E-state index < -0.39 is 26.8 Å². The number of anilines is 1. The van der Waals surface area contributed by atoms with Crippen LogP contribution in [0.4, 0.5) is 5.69 Å². The van der Waals surface area contributed by atoms with Crippen LogP contribution in [0.1, 0.15) is 92.6 Å². The number of ether oxygens (including phenoxy) is 2. The van der Waals surface area contributed by atoms with Gasteiger partial charge in [0, 0.05) is 75.5 Å². The van der Waals surface area contributed by atoms with Crippen molar-refractivity contribution in [3.8, 4) is 5.75 Å². The first-order chi connectivity index (χ1) is 26.1. The molecule has 0 aromatic heterocycles. The quantitative estimate of drug-likeness (QED) is 0.310. The minimum Gasteiger partial charge on any atom is -0.490 e. The number of carbonyl (C=O) groups excluding carboxylic acids is 1. The van der Waals surface area contributed by atoms with Gasteiger partial charge < -0.3 is 14.4 Å². The van der Waals surface area contributed by atoms with Gasteiger partial charge >= 0.3 is 0 Å². The van der Waals surface area contributed by atoms with Crippen molar-refractivity contribution in [3.05, 3.63) is 70.3 Å². The highest BCUT2D eigenvalue weighted by molar-refractivity contribution is 7.90. The lowest BCUT2D eigenvalue weighted by Gasteiger charge is -2.53. The Balaban J connectivity index is 1.20. The summed E-state index contributed by atoms with van der Waals surface area (Å²) >= 11 is 6.53. The van der Waals surface area contributed by atoms with E-state index in [4.69, 9.17) is 21.1 Å². The molecular weight excluding hydrogens is 720 g/mol. The van der Waals surface area contributed by atoms with Crippen LogP contribution in [0.25, 0.3) is 0 Å². The number of halogens is 1. The van der Waals surface area contributed by atoms with Gasteiger partial charge in [-0.25, -0.2) is 12.7 Å². The highest BCUT2D eigenvalue weighted by atomic mass is 35.5. The first kappa shape index (κ1) is 38.3. The predicted molar refractivity (Wildman–Crippen MR) is 215 cm³/mol. The normalized spacial score (nSPS) is 33.8. The van der Waals surface area contributed by atoms with Gasteiger partial charge in [0.15, 0.2) is 0 Å². The fraction of sp³-hybridized carbons (Fsp3) is 0.651. The minimum atomic E-state index is -3.91. The molecular formula is C43H59ClN4O5S. The second-order valence-electron chi connectivity index (χ2n) is 17.1. The van der Waals surface area contributed by atoms with E-state index in [1.54, 1.807) is 6.07 Å². The number of carbonyl (C=O) groups is 1. The van der Waals surface area contributed by atoms with Crippen LogP contribution in [0.2, 0.25) is 5.02 Å². The number of aryl methyl sites for hydroxylation is 1. The maximum absolute atomic E-state index is 14.0. The van der Waals surface area contributed by atoms with Gasteiger partial charge in [-0.2, -0.15) is 0 Å². The topological polar surface area (TPSA) is 82.6 Å². The van der Waals surface area contributed by atoms with Crippen molar-refractivity contribution in [2.45, 2.75) is 99.9 Å². The third-order valence-electron chi connectivity index (χ3n) is 14.2. The Morgan fingerprint density at radius 2 is 1.87 bits per heavy atom. The molecule has 2 aromatic carbocycles. The molecule has 3 fully saturated rings. The fourth-order valence-corrected chi connectivity index (χ4v) is 12.7. The fourth-order valence-electron chi connectivity index (χ4n) is 10.9. The lowest BCUT2D eigenvalue weighted by atomic mass is 9.63. The molecule has 8 rings (SSSR count). The van der Waals surface area contributed by atoms with Gasteiger partial charge in [-0.05, 0) is 124 Å². The van der Waals surface area contributed by atoms with E-state index in [1.807, 2.05) is 32.2 Å². The number of amides is 1. The average Bonchev–Trinajstić information content (AvgIpc) is 3.31. The first-order valence-electron chi connectivity index (χ1n) is 20.6. The Labute approximate surface area is 328 Å². The van der Waals surface area contributed by atoms with Crippen LogP contribution in [0.5, 0.6) is 5.75 Å². The Morgan fingerprint density at radius 1 is 1.00 bits per heavy atom. The van der Waals surface area contributed by atoms with E-state index in [9.17, 15) is 13.2 Å². The zero-order valence-electron chi connectivity index (χ0n) is 32.5. The molecule has 2 aromatic rings. The number of sulfonamides is 1. The Hall–Kier alpha value is -2.63. The van der Waals surface area contributed by atoms with Gasteiger partial charge in [-0.3, -0.25) is 14.6 Å². The van der Waals surface area contributed by atoms with E-state index in [0.717, 1.165) is 92.1 Å². The second-order valence-corrected chi connectivity index (χ2v) is 19.8. The number of piperidine rings is 1. The van der Waals surface area contributed by atoms with Gasteiger partial charge in [-0.15, -0.1) is 0 Å². The second kappa shape index (κ2) is 15.4. The summed E-state index contributed by atoms with van der Waals surface area (Å²) in [5.41, 5.74) is 3.05. The zero-order chi connectivity index (χ0) is 37.7. The van der Waals surface area contributed by atoms with Crippen molar-refractivity contribution in [1.29, 1.82) is 0 Å². The largest absolute Gasteiger partial charge is 0.490 e. The van der Waals surface area contributed by atoms with Crippen LogP contribution >= 0.6 is 11.6 Å². The molecule has 6 aliphatic rings. The molecule has 1 amide bonds. The molecule has 6 atom stereocenters. The number of piperazine rings is 1. The number of methoxy groups -OCH3 is 1. The molecule has 2 bridgehead atoms. The average molecular weight is 779 g/mol. The molecule has 4 heterocycles. The summed E-state index contributed by atoms with van der Waals surface area (Å²) in [6.45, 7) is 9.21. The summed E-state index contributed by atoms with van der Waals surface area (Å²) in [5.74, 6) is 0.884. The Kier molecular flexibility index (Phi) is 10.9. The Bertz CT molecular complexity index is 1860. The van der Waals surface area contributed by atoms with E-state index >= 15 is 0 Å². The third-order valence-corrected chi connectivity index (χ3v) is 16.7. The molecule has 54 heavy (non-hydrogen) atoms. The first-order valence-corrected chi connectivity index (χ1v) is 22.5. The lowest BCUT2D eigenvalue weighted by Crippen LogP contribution is -2.61. The summed E-state index contributed by atoms with van der Waals surface area (Å²) in [4.78, 5) is 21.9. The van der Waals surface area contributed by atoms with Crippen LogP contribution in [0, 0.1) is 11.8 Å². The molecule has 0 radical (unpaired) electrons. The maximum atomic E-state index is 14.0. The molecule has 1 saturated carbocycles. The van der Waals surface area contributed by atoms with Crippen LogP contribution in [0.15, 0.2) is 48.6 Å². The van der Waals surface area contributed by atoms with E-state index in [2.05, 4.69) is 39.0 Å². The Morgan fingerprint density at radius 3 is 2.67 bits per heavy atom. The molecule has 1 spiro atoms. The van der Waals surface area contributed by atoms with Gasteiger partial charge in [0.1, 0.15) is 11.4 Å². The summed E-state index contributed by atoms with van der Waals surface area (Å²) in [6.07, 6.45) is 15.0. The number of nitrogens with zero attached hydrogens (tertiary/aromatic N) is 4. The molecule has 2 saturated heterocycles. The van der Waals surface area contributed by atoms with Gasteiger partial charge in [0.2, 0.25) is 10.0 Å². The number of benzene rings is 2. The monoisotopic (exact) mass is 778 g/mol. The summed E-state index contributed by atoms with van der Waals surface area (Å²) < 4.78 is 42.5. The zero-order valence-corrected chi connectivity index (χ0v) is 34.1. The van der Waals surface area contributed by atoms with Gasteiger partial charge in [-0.1, -0.05) is 43.2 Å². The summed E-state index contributed by atoms with van der Waals surface area (Å²) in [7, 11) is -0.605. The minimum absolute atomic E-state index is 0.256. The van der Waals surface area contributed by atoms with E-state index in [1.165, 1.54) is 44.0 Å². The third kappa shape index (κ3) is 7.01. The van der Waals surface area contributed by atoms with Gasteiger partial charge in [0.25, 0.3) is 5.91 Å². The van der Waals surface area contributed by atoms with Crippen molar-refractivity contribution in [3.63, 3.8) is 0 Å². The SMILES string of the molecule is CC[C@@H]1CC/C=C/[C@@](CN2CCN3CCCC[C@@H]3C2)(OC)[C@@H]2CC[C@H]2CN2C[C@@]3(CCCc4cc(Cl)ccc43)COc3ccc(cc32)C(=O)N(C)S1(=O)=O. The lowest BCUT2D eigenvalue weighted by molar-refractivity contribution is -0.100. The van der Waals surface area contributed by atoms with Crippen LogP contribution < -0.4 is 9.64 Å². The molecule has 9 nitrogen and oxygen atoms in total. The van der Waals surface area contributed by atoms with Crippen molar-refractivity contribution < 1.29 is 22.7 Å². The summed E-state index contributed by atoms with van der Waals surface area (Å²) in [6, 6.07) is 12.4. The molecule has 0 N–H and O–H groups in total. The highest BCUT2D eigenvalue weighted by Crippen LogP contribution is 2.49. The number of hydrogen-bond acceptors (Lipinski definition) is 8. The van der Waals surface area contributed by atoms with Crippen LogP contribution in [-0.4, -0.2) is 112 Å². The molecule has 2 aliphatic carbocycles. The number of rotatable bonds is 4. The highest BCUT2D eigenvalue weighted by Gasteiger charge is 2.50. The molecule has 4 aliphatic heterocycles. The van der Waals surface area contributed by atoms with E-state index in [-0.39, 0.29) is 5.41 Å². The number of fused-ring (bicyclic) bond motifs is 5. The van der Waals surface area contributed by atoms with Crippen molar-refractivity contribution in [1.82, 2.24) is 14.1 Å². The standard InChI is InChI=1S/C43H59ClN4O5S/c1-4-36-12-5-7-20-43(52-3,29-46-22-23-47-21-8-6-11-35(47)27-46)38-16-13-33(38)26-48-28-42(19-9-10-31-24-34(44)15-17-37(31)42)30-53-40-18-14-32(25-39(40)48)41(49)45(2)54(36,50)51/h7,14-15,17-18,20,24-25,33,35-36,38H,4-6,8-13,16,19,21-23,26-30H2,1-3H3/b20-7+/t33-,35+,36+,38+,42-,43-/m0/s1. The predicted octanol–water partition coefficient (Wildman–Crippen LogP) is 6.93. The van der Waals surface area contributed by atoms with Crippen molar-refractivity contribution in [2.75, 3.05) is 71.5 Å². The number of hydrogen-bond donors (Lipinski definition) is 0. The van der Waals surface area contributed by atoms with Crippen LogP contribution in [-0.2, 0) is 26.6 Å². The molecule has 294 valence electrons. The molecule has 11 heteroatoms. The van der Waals surface area contributed by atoms with Crippen molar-refractivity contribution in [2.24, 2.45) is 11.8 Å². The molecule has 0 unspecified atom stereocenters. The van der Waals surface area contributed by atoms with Gasteiger partial charge in [0.05, 0.1) is 17.5 Å².